The summed E-state index contributed by atoms with van der Waals surface area (Å²) in [5, 5.41) is 4.56. The van der Waals surface area contributed by atoms with Crippen molar-refractivity contribution >= 4 is 22.5 Å². The molecule has 0 saturated carbocycles. The maximum absolute atomic E-state index is 12.9. The van der Waals surface area contributed by atoms with Gasteiger partial charge in [0.1, 0.15) is 5.82 Å². The highest BCUT2D eigenvalue weighted by atomic mass is 19.4. The topological polar surface area (TPSA) is 68.0 Å². The number of benzene rings is 3. The van der Waals surface area contributed by atoms with Crippen LogP contribution in [0.5, 0.6) is 0 Å². The maximum atomic E-state index is 12.9. The number of anilines is 1. The summed E-state index contributed by atoms with van der Waals surface area (Å²) in [6.45, 7) is 0.415. The number of rotatable bonds is 5. The number of hydrogen-bond donors (Lipinski definition) is 2. The first-order valence-corrected chi connectivity index (χ1v) is 10.0. The standard InChI is InChI=1S/C25H20F3N3O/c26-25(27,28)20-9-6-16(7-10-20)21-5-1-3-18-15-19(8-11-22(18)21)24(32)31-14-12-17-4-2-13-30-23(17)29/h1-11,13,15H,12,14H2,(H2,29,30)(H,31,32). The van der Waals surface area contributed by atoms with Crippen LogP contribution >= 0.6 is 0 Å². The molecular formula is C25H20F3N3O. The van der Waals surface area contributed by atoms with E-state index in [2.05, 4.69) is 10.3 Å². The number of nitrogens with one attached hydrogen (secondary N) is 1. The Bertz CT molecular complexity index is 1270. The minimum absolute atomic E-state index is 0.214. The van der Waals surface area contributed by atoms with Crippen molar-refractivity contribution < 1.29 is 18.0 Å². The molecule has 0 saturated heterocycles. The van der Waals surface area contributed by atoms with Gasteiger partial charge in [-0.15, -0.1) is 0 Å². The zero-order chi connectivity index (χ0) is 22.7. The minimum atomic E-state index is -4.37. The Morgan fingerprint density at radius 3 is 2.47 bits per heavy atom. The monoisotopic (exact) mass is 435 g/mol. The summed E-state index contributed by atoms with van der Waals surface area (Å²) in [6, 6.07) is 19.6. The lowest BCUT2D eigenvalue weighted by Gasteiger charge is -2.11. The molecule has 1 heterocycles. The second kappa shape index (κ2) is 8.70. The lowest BCUT2D eigenvalue weighted by molar-refractivity contribution is -0.137. The molecule has 4 aromatic rings. The summed E-state index contributed by atoms with van der Waals surface area (Å²) >= 11 is 0. The lowest BCUT2D eigenvalue weighted by Crippen LogP contribution is -2.25. The molecule has 0 atom stereocenters. The minimum Gasteiger partial charge on any atom is -0.383 e. The average Bonchev–Trinajstić information content (AvgIpc) is 2.79. The molecule has 3 aromatic carbocycles. The van der Waals surface area contributed by atoms with Crippen LogP contribution in [0.25, 0.3) is 21.9 Å². The van der Waals surface area contributed by atoms with E-state index >= 15 is 0 Å². The highest BCUT2D eigenvalue weighted by Gasteiger charge is 2.30. The van der Waals surface area contributed by atoms with Crippen LogP contribution in [-0.2, 0) is 12.6 Å². The molecule has 1 aromatic heterocycles. The van der Waals surface area contributed by atoms with Gasteiger partial charge in [0.05, 0.1) is 5.56 Å². The summed E-state index contributed by atoms with van der Waals surface area (Å²) in [5.74, 6) is 0.234. The largest absolute Gasteiger partial charge is 0.416 e. The molecule has 4 nitrogen and oxygen atoms in total. The fraction of sp³-hybridized carbons (Fsp3) is 0.120. The number of nitrogens with zero attached hydrogens (tertiary/aromatic N) is 1. The molecule has 1 amide bonds. The van der Waals surface area contributed by atoms with Gasteiger partial charge >= 0.3 is 6.18 Å². The van der Waals surface area contributed by atoms with Crippen molar-refractivity contribution in [3.05, 3.63) is 95.7 Å². The van der Waals surface area contributed by atoms with Gasteiger partial charge in [-0.05, 0) is 64.2 Å². The smallest absolute Gasteiger partial charge is 0.383 e. The fourth-order valence-corrected chi connectivity index (χ4v) is 3.59. The van der Waals surface area contributed by atoms with E-state index in [1.54, 1.807) is 24.4 Å². The number of amides is 1. The first kappa shape index (κ1) is 21.4. The number of carbonyl (C=O) groups is 1. The van der Waals surface area contributed by atoms with E-state index in [1.807, 2.05) is 30.3 Å². The van der Waals surface area contributed by atoms with Gasteiger partial charge in [-0.3, -0.25) is 4.79 Å². The van der Waals surface area contributed by atoms with Crippen molar-refractivity contribution in [3.63, 3.8) is 0 Å². The first-order valence-electron chi connectivity index (χ1n) is 10.0. The van der Waals surface area contributed by atoms with Crippen LogP contribution in [0.15, 0.2) is 79.0 Å². The zero-order valence-corrected chi connectivity index (χ0v) is 17.0. The Balaban J connectivity index is 1.52. The molecule has 0 fully saturated rings. The lowest BCUT2D eigenvalue weighted by atomic mass is 9.96. The van der Waals surface area contributed by atoms with Gasteiger partial charge in [-0.2, -0.15) is 13.2 Å². The predicted octanol–water partition coefficient (Wildman–Crippen LogP) is 5.48. The van der Waals surface area contributed by atoms with E-state index in [0.29, 0.717) is 29.9 Å². The Kier molecular flexibility index (Phi) is 5.81. The van der Waals surface area contributed by atoms with Gasteiger partial charge in [-0.1, -0.05) is 42.5 Å². The van der Waals surface area contributed by atoms with Crippen LogP contribution < -0.4 is 11.1 Å². The van der Waals surface area contributed by atoms with E-state index in [4.69, 9.17) is 5.73 Å². The van der Waals surface area contributed by atoms with E-state index in [0.717, 1.165) is 34.0 Å². The molecular weight excluding hydrogens is 415 g/mol. The van der Waals surface area contributed by atoms with Crippen LogP contribution in [-0.4, -0.2) is 17.4 Å². The van der Waals surface area contributed by atoms with E-state index in [-0.39, 0.29) is 5.91 Å². The zero-order valence-electron chi connectivity index (χ0n) is 17.0. The third-order valence-electron chi connectivity index (χ3n) is 5.27. The first-order chi connectivity index (χ1) is 15.3. The number of pyridine rings is 1. The Morgan fingerprint density at radius 2 is 1.75 bits per heavy atom. The van der Waals surface area contributed by atoms with Gasteiger partial charge in [0.2, 0.25) is 0 Å². The Labute approximate surface area is 182 Å². The van der Waals surface area contributed by atoms with Crippen molar-refractivity contribution in [2.75, 3.05) is 12.3 Å². The Hall–Kier alpha value is -3.87. The fourth-order valence-electron chi connectivity index (χ4n) is 3.59. The number of nitrogen functional groups attached to an aromatic ring is 1. The highest BCUT2D eigenvalue weighted by molar-refractivity contribution is 6.02. The van der Waals surface area contributed by atoms with E-state index < -0.39 is 11.7 Å². The van der Waals surface area contributed by atoms with E-state index in [1.165, 1.54) is 12.1 Å². The number of carbonyl (C=O) groups excluding carboxylic acids is 1. The summed E-state index contributed by atoms with van der Waals surface area (Å²) in [7, 11) is 0. The molecule has 0 aliphatic carbocycles. The van der Waals surface area contributed by atoms with E-state index in [9.17, 15) is 18.0 Å². The van der Waals surface area contributed by atoms with Crippen LogP contribution in [0, 0.1) is 0 Å². The van der Waals surface area contributed by atoms with Gasteiger partial charge < -0.3 is 11.1 Å². The van der Waals surface area contributed by atoms with Crippen LogP contribution in [0.4, 0.5) is 19.0 Å². The molecule has 7 heteroatoms. The van der Waals surface area contributed by atoms with Crippen molar-refractivity contribution in [2.45, 2.75) is 12.6 Å². The second-order valence-electron chi connectivity index (χ2n) is 7.37. The van der Waals surface area contributed by atoms with Crippen LogP contribution in [0.1, 0.15) is 21.5 Å². The number of halogens is 3. The molecule has 32 heavy (non-hydrogen) atoms. The molecule has 4 rings (SSSR count). The van der Waals surface area contributed by atoms with Gasteiger partial charge in [0.15, 0.2) is 0 Å². The molecule has 162 valence electrons. The molecule has 0 unspecified atom stereocenters. The number of hydrogen-bond acceptors (Lipinski definition) is 3. The molecule has 0 bridgehead atoms. The number of fused-ring (bicyclic) bond motifs is 1. The summed E-state index contributed by atoms with van der Waals surface area (Å²) in [4.78, 5) is 16.6. The summed E-state index contributed by atoms with van der Waals surface area (Å²) < 4.78 is 38.6. The van der Waals surface area contributed by atoms with Gasteiger partial charge in [0, 0.05) is 18.3 Å². The molecule has 0 aliphatic heterocycles. The second-order valence-corrected chi connectivity index (χ2v) is 7.37. The van der Waals surface area contributed by atoms with Crippen molar-refractivity contribution in [1.82, 2.24) is 10.3 Å². The summed E-state index contributed by atoms with van der Waals surface area (Å²) in [6.07, 6.45) is -2.19. The SMILES string of the molecule is Nc1ncccc1CCNC(=O)c1ccc2c(-c3ccc(C(F)(F)F)cc3)cccc2c1. The molecule has 0 aliphatic rings. The quantitative estimate of drug-likeness (QED) is 0.437. The average molecular weight is 435 g/mol. The molecule has 0 radical (unpaired) electrons. The molecule has 0 spiro atoms. The van der Waals surface area contributed by atoms with Gasteiger partial charge in [-0.25, -0.2) is 4.98 Å². The third kappa shape index (κ3) is 4.56. The predicted molar refractivity (Wildman–Crippen MR) is 119 cm³/mol. The normalized spacial score (nSPS) is 11.5. The number of aromatic nitrogens is 1. The maximum Gasteiger partial charge on any atom is 0.416 e. The third-order valence-corrected chi connectivity index (χ3v) is 5.27. The Morgan fingerprint density at radius 1 is 0.969 bits per heavy atom. The number of alkyl halides is 3. The highest BCUT2D eigenvalue weighted by Crippen LogP contribution is 2.33. The molecule has 3 N–H and O–H groups in total. The van der Waals surface area contributed by atoms with Crippen molar-refractivity contribution in [1.29, 1.82) is 0 Å². The van der Waals surface area contributed by atoms with Crippen molar-refractivity contribution in [3.8, 4) is 11.1 Å². The van der Waals surface area contributed by atoms with Crippen LogP contribution in [0.2, 0.25) is 0 Å². The van der Waals surface area contributed by atoms with Crippen LogP contribution in [0.3, 0.4) is 0 Å². The number of nitrogens with two attached hydrogens (primary N) is 1. The van der Waals surface area contributed by atoms with Crippen molar-refractivity contribution in [2.24, 2.45) is 0 Å². The van der Waals surface area contributed by atoms with Gasteiger partial charge in [0.25, 0.3) is 5.91 Å². The summed E-state index contributed by atoms with van der Waals surface area (Å²) in [5.41, 5.74) is 7.98.